The van der Waals surface area contributed by atoms with Gasteiger partial charge in [0.2, 0.25) is 0 Å². The summed E-state index contributed by atoms with van der Waals surface area (Å²) in [5, 5.41) is 0. The zero-order valence-electron chi connectivity index (χ0n) is 39.5. The molecular formula is C51H101NO5. The van der Waals surface area contributed by atoms with E-state index in [0.717, 1.165) is 51.8 Å². The van der Waals surface area contributed by atoms with Crippen molar-refractivity contribution in [2.24, 2.45) is 11.8 Å². The summed E-state index contributed by atoms with van der Waals surface area (Å²) in [6, 6.07) is 0. The van der Waals surface area contributed by atoms with Crippen molar-refractivity contribution in [1.82, 2.24) is 4.90 Å². The molecular weight excluding hydrogens is 707 g/mol. The molecule has 0 heterocycles. The van der Waals surface area contributed by atoms with Crippen LogP contribution in [0.2, 0.25) is 0 Å². The third-order valence-corrected chi connectivity index (χ3v) is 12.2. The molecule has 0 fully saturated rings. The predicted octanol–water partition coefficient (Wildman–Crippen LogP) is 15.4. The first-order chi connectivity index (χ1) is 27.9. The second kappa shape index (κ2) is 44.4. The minimum absolute atomic E-state index is 0.0304. The highest BCUT2D eigenvalue weighted by atomic mass is 16.5. The van der Waals surface area contributed by atoms with Crippen LogP contribution in [0.15, 0.2) is 0 Å². The molecule has 0 saturated carbocycles. The fourth-order valence-electron chi connectivity index (χ4n) is 8.16. The molecule has 0 aliphatic rings. The van der Waals surface area contributed by atoms with Crippen LogP contribution in [0.3, 0.4) is 0 Å². The molecule has 0 aromatic heterocycles. The van der Waals surface area contributed by atoms with Crippen molar-refractivity contribution in [3.63, 3.8) is 0 Å². The van der Waals surface area contributed by atoms with Gasteiger partial charge in [-0.2, -0.15) is 0 Å². The van der Waals surface area contributed by atoms with Crippen LogP contribution >= 0.6 is 0 Å². The molecule has 0 amide bonds. The lowest BCUT2D eigenvalue weighted by Gasteiger charge is -2.19. The van der Waals surface area contributed by atoms with Crippen LogP contribution < -0.4 is 0 Å². The molecule has 0 aromatic carbocycles. The lowest BCUT2D eigenvalue weighted by molar-refractivity contribution is -0.146. The van der Waals surface area contributed by atoms with Crippen LogP contribution in [0.1, 0.15) is 259 Å². The van der Waals surface area contributed by atoms with E-state index in [1.807, 2.05) is 0 Å². The number of hydrogen-bond acceptors (Lipinski definition) is 6. The molecule has 0 aromatic rings. The first-order valence-corrected chi connectivity index (χ1v) is 25.5. The highest BCUT2D eigenvalue weighted by Gasteiger charge is 2.16. The first-order valence-electron chi connectivity index (χ1n) is 25.5. The van der Waals surface area contributed by atoms with Gasteiger partial charge in [0.25, 0.3) is 0 Å². The monoisotopic (exact) mass is 808 g/mol. The maximum absolute atomic E-state index is 12.5. The van der Waals surface area contributed by atoms with E-state index >= 15 is 0 Å². The average molecular weight is 808 g/mol. The number of unbranched alkanes of at least 4 members (excludes halogenated alkanes) is 20. The lowest BCUT2D eigenvalue weighted by Crippen LogP contribution is -2.21. The van der Waals surface area contributed by atoms with E-state index in [2.05, 4.69) is 46.6 Å². The van der Waals surface area contributed by atoms with E-state index in [1.165, 1.54) is 180 Å². The highest BCUT2D eigenvalue weighted by Crippen LogP contribution is 2.23. The zero-order chi connectivity index (χ0) is 41.9. The van der Waals surface area contributed by atoms with Crippen LogP contribution in [0, 0.1) is 11.8 Å². The molecule has 6 nitrogen and oxygen atoms in total. The Kier molecular flexibility index (Phi) is 43.5. The van der Waals surface area contributed by atoms with Crippen LogP contribution in [0.5, 0.6) is 0 Å². The third kappa shape index (κ3) is 40.1. The van der Waals surface area contributed by atoms with Crippen molar-refractivity contribution >= 4 is 11.9 Å². The lowest BCUT2D eigenvalue weighted by atomic mass is 9.92. The molecule has 0 atom stereocenters. The Bertz CT molecular complexity index is 758. The molecule has 57 heavy (non-hydrogen) atoms. The summed E-state index contributed by atoms with van der Waals surface area (Å²) < 4.78 is 17.8. The van der Waals surface area contributed by atoms with Crippen molar-refractivity contribution in [2.75, 3.05) is 40.0 Å². The molecule has 0 aliphatic carbocycles. The molecule has 0 unspecified atom stereocenters. The summed E-state index contributed by atoms with van der Waals surface area (Å²) >= 11 is 0. The van der Waals surface area contributed by atoms with Crippen LogP contribution in [-0.4, -0.2) is 62.9 Å². The molecule has 6 heteroatoms. The number of rotatable bonds is 46. The highest BCUT2D eigenvalue weighted by molar-refractivity contribution is 5.70. The molecule has 0 N–H and O–H groups in total. The van der Waals surface area contributed by atoms with Crippen molar-refractivity contribution < 1.29 is 23.8 Å². The summed E-state index contributed by atoms with van der Waals surface area (Å²) in [5.74, 6) is 1.08. The van der Waals surface area contributed by atoms with E-state index in [9.17, 15) is 9.59 Å². The quantitative estimate of drug-likeness (QED) is 0.0451. The fourth-order valence-corrected chi connectivity index (χ4v) is 8.16. The van der Waals surface area contributed by atoms with Gasteiger partial charge >= 0.3 is 11.9 Å². The normalized spacial score (nSPS) is 11.8. The Balaban J connectivity index is 4.16. The molecule has 0 rings (SSSR count). The van der Waals surface area contributed by atoms with E-state index in [1.54, 1.807) is 0 Å². The minimum Gasteiger partial charge on any atom is -0.466 e. The zero-order valence-corrected chi connectivity index (χ0v) is 39.5. The summed E-state index contributed by atoms with van der Waals surface area (Å²) in [6.45, 7) is 15.5. The van der Waals surface area contributed by atoms with Gasteiger partial charge in [0.15, 0.2) is 0 Å². The van der Waals surface area contributed by atoms with Crippen molar-refractivity contribution in [3.8, 4) is 0 Å². The van der Waals surface area contributed by atoms with E-state index < -0.39 is 0 Å². The van der Waals surface area contributed by atoms with E-state index in [0.29, 0.717) is 44.0 Å². The Morgan fingerprint density at radius 3 is 1.09 bits per heavy atom. The summed E-state index contributed by atoms with van der Waals surface area (Å²) in [4.78, 5) is 27.4. The second-order valence-corrected chi connectivity index (χ2v) is 17.8. The van der Waals surface area contributed by atoms with Gasteiger partial charge in [-0.3, -0.25) is 9.59 Å². The maximum Gasteiger partial charge on any atom is 0.306 e. The van der Waals surface area contributed by atoms with Gasteiger partial charge in [-0.15, -0.1) is 0 Å². The number of carbonyl (C=O) groups excluding carboxylic acids is 2. The topological polar surface area (TPSA) is 65.1 Å². The Hall–Kier alpha value is -1.14. The molecule has 0 spiro atoms. The Labute approximate surface area is 356 Å². The van der Waals surface area contributed by atoms with Gasteiger partial charge in [0, 0.05) is 26.0 Å². The van der Waals surface area contributed by atoms with Crippen LogP contribution in [0.4, 0.5) is 0 Å². The number of nitrogens with zero attached hydrogens (tertiary/aromatic N) is 1. The van der Waals surface area contributed by atoms with Gasteiger partial charge in [-0.25, -0.2) is 0 Å². The van der Waals surface area contributed by atoms with Crippen molar-refractivity contribution in [1.29, 1.82) is 0 Å². The molecule has 0 saturated heterocycles. The number of hydrogen-bond donors (Lipinski definition) is 0. The SMILES string of the molecule is CCCCCC(CCCCC)CC(=O)OCCCCCCCCCC(CCCCCCCCCOC(=O)CC(CCCCC)CCCCC)OCCCN(C)CC. The van der Waals surface area contributed by atoms with Gasteiger partial charge < -0.3 is 19.1 Å². The van der Waals surface area contributed by atoms with Crippen molar-refractivity contribution in [2.45, 2.75) is 265 Å². The minimum atomic E-state index is 0.0304. The summed E-state index contributed by atoms with van der Waals surface area (Å²) in [5.41, 5.74) is 0. The fraction of sp³-hybridized carbons (Fsp3) is 0.961. The molecule has 0 aliphatic heterocycles. The van der Waals surface area contributed by atoms with Crippen LogP contribution in [-0.2, 0) is 23.8 Å². The number of carbonyl (C=O) groups is 2. The smallest absolute Gasteiger partial charge is 0.306 e. The summed E-state index contributed by atoms with van der Waals surface area (Å²) in [6.07, 6.45) is 41.9. The largest absolute Gasteiger partial charge is 0.466 e. The Morgan fingerprint density at radius 1 is 0.404 bits per heavy atom. The van der Waals surface area contributed by atoms with Gasteiger partial charge in [0.1, 0.15) is 0 Å². The molecule has 340 valence electrons. The third-order valence-electron chi connectivity index (χ3n) is 12.2. The average Bonchev–Trinajstić information content (AvgIpc) is 3.20. The predicted molar refractivity (Wildman–Crippen MR) is 246 cm³/mol. The van der Waals surface area contributed by atoms with Gasteiger partial charge in [-0.05, 0) is 83.2 Å². The van der Waals surface area contributed by atoms with Gasteiger partial charge in [-0.1, -0.05) is 189 Å². The van der Waals surface area contributed by atoms with E-state index in [4.69, 9.17) is 14.2 Å². The first kappa shape index (κ1) is 55.9. The van der Waals surface area contributed by atoms with Crippen LogP contribution in [0.25, 0.3) is 0 Å². The second-order valence-electron chi connectivity index (χ2n) is 17.8. The Morgan fingerprint density at radius 2 is 0.737 bits per heavy atom. The summed E-state index contributed by atoms with van der Waals surface area (Å²) in [7, 11) is 2.19. The van der Waals surface area contributed by atoms with Gasteiger partial charge in [0.05, 0.1) is 19.3 Å². The molecule has 0 radical (unpaired) electrons. The van der Waals surface area contributed by atoms with E-state index in [-0.39, 0.29) is 11.9 Å². The standard InChI is InChI=1S/C51H101NO5/c1-7-12-26-35-47(36-27-13-8-2)45-50(53)56-42-32-24-20-16-18-22-30-39-49(55-44-34-41-52(6)11-5)40-31-23-19-17-21-25-33-43-57-51(54)46-48(37-28-14-9-3)38-29-15-10-4/h47-49H,7-46H2,1-6H3. The molecule has 0 bridgehead atoms. The van der Waals surface area contributed by atoms with Crippen molar-refractivity contribution in [3.05, 3.63) is 0 Å². The number of ether oxygens (including phenoxy) is 3. The number of esters is 2. The maximum atomic E-state index is 12.5.